The summed E-state index contributed by atoms with van der Waals surface area (Å²) in [5.41, 5.74) is 0. The second-order valence-electron chi connectivity index (χ2n) is 1.51. The average molecular weight is 220 g/mol. The fourth-order valence-electron chi connectivity index (χ4n) is 0.482. The SMILES string of the molecule is ClCn1c(Cl)nc(Cl)c1Cl. The first-order valence-corrected chi connectivity index (χ1v) is 3.96. The summed E-state index contributed by atoms with van der Waals surface area (Å²) in [4.78, 5) is 3.66. The molecule has 1 heterocycles. The summed E-state index contributed by atoms with van der Waals surface area (Å²) in [5, 5.41) is 0.638. The maximum absolute atomic E-state index is 5.61. The lowest BCUT2D eigenvalue weighted by Gasteiger charge is -1.95. The number of hydrogen-bond acceptors (Lipinski definition) is 1. The number of halogens is 4. The Balaban J connectivity index is 3.20. The zero-order chi connectivity index (χ0) is 7.72. The number of hydrogen-bond donors (Lipinski definition) is 0. The molecular formula is C4H2Cl4N2. The molecule has 0 aliphatic carbocycles. The van der Waals surface area contributed by atoms with Gasteiger partial charge in [0, 0.05) is 0 Å². The van der Waals surface area contributed by atoms with E-state index in [2.05, 4.69) is 4.98 Å². The van der Waals surface area contributed by atoms with Crippen molar-refractivity contribution in [3.63, 3.8) is 0 Å². The van der Waals surface area contributed by atoms with Crippen molar-refractivity contribution in [2.75, 3.05) is 0 Å². The van der Waals surface area contributed by atoms with Crippen molar-refractivity contribution in [3.05, 3.63) is 15.6 Å². The van der Waals surface area contributed by atoms with Crippen LogP contribution in [0.25, 0.3) is 0 Å². The van der Waals surface area contributed by atoms with Crippen molar-refractivity contribution in [2.45, 2.75) is 6.00 Å². The molecule has 0 aliphatic heterocycles. The van der Waals surface area contributed by atoms with Crippen molar-refractivity contribution in [1.82, 2.24) is 9.55 Å². The molecule has 1 aromatic rings. The van der Waals surface area contributed by atoms with Gasteiger partial charge >= 0.3 is 0 Å². The highest BCUT2D eigenvalue weighted by atomic mass is 35.5. The molecule has 0 saturated heterocycles. The van der Waals surface area contributed by atoms with Crippen LogP contribution in [0, 0.1) is 0 Å². The smallest absolute Gasteiger partial charge is 0.206 e. The molecule has 0 spiro atoms. The fourth-order valence-corrected chi connectivity index (χ4v) is 1.52. The molecule has 1 rings (SSSR count). The summed E-state index contributed by atoms with van der Waals surface area (Å²) in [6.07, 6.45) is 0. The van der Waals surface area contributed by atoms with Gasteiger partial charge in [0.1, 0.15) is 11.2 Å². The van der Waals surface area contributed by atoms with Crippen LogP contribution in [0.3, 0.4) is 0 Å². The Bertz CT molecular complexity index is 244. The summed E-state index contributed by atoms with van der Waals surface area (Å²) in [7, 11) is 0. The molecule has 0 fully saturated rings. The molecule has 1 aromatic heterocycles. The minimum atomic E-state index is 0.150. The molecule has 0 aliphatic rings. The monoisotopic (exact) mass is 218 g/mol. The van der Waals surface area contributed by atoms with Crippen LogP contribution in [-0.4, -0.2) is 9.55 Å². The van der Waals surface area contributed by atoms with Gasteiger partial charge in [-0.1, -0.05) is 23.2 Å². The molecule has 0 radical (unpaired) electrons. The zero-order valence-electron chi connectivity index (χ0n) is 4.61. The van der Waals surface area contributed by atoms with Crippen LogP contribution in [0.15, 0.2) is 0 Å². The van der Waals surface area contributed by atoms with E-state index in [1.165, 1.54) is 4.57 Å². The Kier molecular flexibility index (Phi) is 2.69. The summed E-state index contributed by atoms with van der Waals surface area (Å²) in [6.45, 7) is 0. The number of aromatic nitrogens is 2. The maximum atomic E-state index is 5.61. The second kappa shape index (κ2) is 3.18. The topological polar surface area (TPSA) is 17.8 Å². The first kappa shape index (κ1) is 8.47. The Morgan fingerprint density at radius 1 is 1.30 bits per heavy atom. The molecule has 0 unspecified atom stereocenters. The Morgan fingerprint density at radius 3 is 2.10 bits per heavy atom. The maximum Gasteiger partial charge on any atom is 0.206 e. The fraction of sp³-hybridized carbons (Fsp3) is 0.250. The van der Waals surface area contributed by atoms with Gasteiger partial charge in [0.15, 0.2) is 5.15 Å². The summed E-state index contributed by atoms with van der Waals surface area (Å²) < 4.78 is 1.38. The van der Waals surface area contributed by atoms with Crippen molar-refractivity contribution >= 4 is 46.4 Å². The molecule has 0 amide bonds. The molecule has 0 N–H and O–H groups in total. The predicted octanol–water partition coefficient (Wildman–Crippen LogP) is 3.04. The van der Waals surface area contributed by atoms with E-state index in [-0.39, 0.29) is 21.6 Å². The molecule has 2 nitrogen and oxygen atoms in total. The van der Waals surface area contributed by atoms with Gasteiger partial charge in [0.05, 0.1) is 0 Å². The Hall–Kier alpha value is 0.370. The van der Waals surface area contributed by atoms with E-state index in [0.717, 1.165) is 0 Å². The normalized spacial score (nSPS) is 10.4. The average Bonchev–Trinajstić information content (AvgIpc) is 2.09. The van der Waals surface area contributed by atoms with Crippen LogP contribution < -0.4 is 0 Å². The highest BCUT2D eigenvalue weighted by molar-refractivity contribution is 6.42. The lowest BCUT2D eigenvalue weighted by Crippen LogP contribution is -1.90. The highest BCUT2D eigenvalue weighted by Gasteiger charge is 2.10. The van der Waals surface area contributed by atoms with E-state index in [4.69, 9.17) is 46.4 Å². The zero-order valence-corrected chi connectivity index (χ0v) is 7.64. The van der Waals surface area contributed by atoms with E-state index >= 15 is 0 Å². The van der Waals surface area contributed by atoms with Crippen LogP contribution in [0.1, 0.15) is 0 Å². The van der Waals surface area contributed by atoms with Gasteiger partial charge in [0.25, 0.3) is 0 Å². The summed E-state index contributed by atoms with van der Waals surface area (Å²) >= 11 is 22.1. The van der Waals surface area contributed by atoms with Gasteiger partial charge in [-0.25, -0.2) is 4.98 Å². The van der Waals surface area contributed by atoms with Crippen molar-refractivity contribution in [1.29, 1.82) is 0 Å². The third kappa shape index (κ3) is 1.35. The van der Waals surface area contributed by atoms with Gasteiger partial charge in [-0.05, 0) is 11.6 Å². The number of alkyl halides is 1. The number of nitrogens with zero attached hydrogens (tertiary/aromatic N) is 2. The van der Waals surface area contributed by atoms with Crippen LogP contribution >= 0.6 is 46.4 Å². The van der Waals surface area contributed by atoms with Crippen LogP contribution in [0.5, 0.6) is 0 Å². The minimum absolute atomic E-state index is 0.150. The second-order valence-corrected chi connectivity index (χ2v) is 2.80. The Labute approximate surface area is 77.6 Å². The van der Waals surface area contributed by atoms with E-state index in [1.807, 2.05) is 0 Å². The van der Waals surface area contributed by atoms with Crippen LogP contribution in [0.2, 0.25) is 15.6 Å². The van der Waals surface area contributed by atoms with Crippen molar-refractivity contribution in [2.24, 2.45) is 0 Å². The first-order valence-electron chi connectivity index (χ1n) is 2.29. The summed E-state index contributed by atoms with van der Waals surface area (Å²) in [6, 6.07) is 0.150. The van der Waals surface area contributed by atoms with Gasteiger partial charge < -0.3 is 0 Å². The van der Waals surface area contributed by atoms with Crippen molar-refractivity contribution < 1.29 is 0 Å². The molecule has 56 valence electrons. The largest absolute Gasteiger partial charge is 0.290 e. The standard InChI is InChI=1S/C4H2Cl4N2/c5-1-10-3(7)2(6)9-4(10)8/h1H2. The molecular weight excluding hydrogens is 218 g/mol. The van der Waals surface area contributed by atoms with Gasteiger partial charge in [-0.15, -0.1) is 11.6 Å². The lowest BCUT2D eigenvalue weighted by molar-refractivity contribution is 0.883. The van der Waals surface area contributed by atoms with Gasteiger partial charge in [-0.2, -0.15) is 0 Å². The first-order chi connectivity index (χ1) is 4.66. The van der Waals surface area contributed by atoms with Crippen LogP contribution in [0.4, 0.5) is 0 Å². The molecule has 0 bridgehead atoms. The van der Waals surface area contributed by atoms with E-state index in [0.29, 0.717) is 0 Å². The number of rotatable bonds is 1. The van der Waals surface area contributed by atoms with E-state index in [9.17, 15) is 0 Å². The third-order valence-electron chi connectivity index (χ3n) is 0.940. The summed E-state index contributed by atoms with van der Waals surface area (Å²) in [5.74, 6) is 0. The third-order valence-corrected chi connectivity index (χ3v) is 2.21. The predicted molar refractivity (Wildman–Crippen MR) is 43.1 cm³/mol. The molecule has 0 aromatic carbocycles. The van der Waals surface area contributed by atoms with Gasteiger partial charge in [0.2, 0.25) is 5.28 Å². The van der Waals surface area contributed by atoms with Gasteiger partial charge in [-0.3, -0.25) is 4.57 Å². The molecule has 6 heteroatoms. The minimum Gasteiger partial charge on any atom is -0.290 e. The molecule has 10 heavy (non-hydrogen) atoms. The lowest BCUT2D eigenvalue weighted by atomic mass is 10.9. The quantitative estimate of drug-likeness (QED) is 0.665. The van der Waals surface area contributed by atoms with Crippen molar-refractivity contribution in [3.8, 4) is 0 Å². The van der Waals surface area contributed by atoms with E-state index in [1.54, 1.807) is 0 Å². The Morgan fingerprint density at radius 2 is 1.90 bits per heavy atom. The molecule has 0 atom stereocenters. The highest BCUT2D eigenvalue weighted by Crippen LogP contribution is 2.25. The van der Waals surface area contributed by atoms with E-state index < -0.39 is 0 Å². The molecule has 0 saturated carbocycles. The number of imidazole rings is 1. The van der Waals surface area contributed by atoms with Crippen LogP contribution in [-0.2, 0) is 6.00 Å².